The van der Waals surface area contributed by atoms with Crippen molar-refractivity contribution in [1.29, 1.82) is 0 Å². The van der Waals surface area contributed by atoms with Gasteiger partial charge in [0.2, 0.25) is 0 Å². The molecule has 1 aromatic carbocycles. The molecule has 0 saturated carbocycles. The SMILES string of the molecule is Cc1cc(-c2c[nH]c3ncc(N4CCOCC4)cc23)cc(=O)n1/C(=C/N(C)C)c1cccc(Cl)c1. The third-order valence-electron chi connectivity index (χ3n) is 6.16. The summed E-state index contributed by atoms with van der Waals surface area (Å²) in [4.78, 5) is 25.6. The van der Waals surface area contributed by atoms with Crippen molar-refractivity contribution in [3.63, 3.8) is 0 Å². The Bertz CT molecular complexity index is 1460. The van der Waals surface area contributed by atoms with Crippen LogP contribution in [-0.2, 0) is 4.74 Å². The first kappa shape index (κ1) is 23.2. The first-order chi connectivity index (χ1) is 16.9. The Morgan fingerprint density at radius 1 is 1.17 bits per heavy atom. The molecule has 1 aliphatic heterocycles. The Balaban J connectivity index is 1.60. The Kier molecular flexibility index (Phi) is 6.36. The molecule has 3 aromatic heterocycles. The maximum atomic E-state index is 13.5. The van der Waals surface area contributed by atoms with Crippen molar-refractivity contribution in [2.75, 3.05) is 45.3 Å². The second kappa shape index (κ2) is 9.60. The molecule has 0 spiro atoms. The fourth-order valence-corrected chi connectivity index (χ4v) is 4.74. The number of fused-ring (bicyclic) bond motifs is 1. The predicted molar refractivity (Wildman–Crippen MR) is 142 cm³/mol. The van der Waals surface area contributed by atoms with E-state index in [2.05, 4.69) is 20.9 Å². The van der Waals surface area contributed by atoms with Gasteiger partial charge in [-0.3, -0.25) is 9.36 Å². The van der Waals surface area contributed by atoms with Crippen molar-refractivity contribution in [2.45, 2.75) is 6.92 Å². The van der Waals surface area contributed by atoms with Gasteiger partial charge in [-0.25, -0.2) is 4.98 Å². The summed E-state index contributed by atoms with van der Waals surface area (Å²) >= 11 is 6.26. The van der Waals surface area contributed by atoms with Gasteiger partial charge in [0.1, 0.15) is 5.65 Å². The van der Waals surface area contributed by atoms with Crippen LogP contribution >= 0.6 is 11.6 Å². The highest BCUT2D eigenvalue weighted by atomic mass is 35.5. The molecule has 1 aliphatic rings. The van der Waals surface area contributed by atoms with E-state index in [1.165, 1.54) is 0 Å². The van der Waals surface area contributed by atoms with Gasteiger partial charge in [-0.1, -0.05) is 23.7 Å². The molecular weight excluding hydrogens is 462 g/mol. The van der Waals surface area contributed by atoms with Crippen molar-refractivity contribution in [3.05, 3.63) is 87.7 Å². The second-order valence-corrected chi connectivity index (χ2v) is 9.38. The van der Waals surface area contributed by atoms with Crippen LogP contribution in [0.25, 0.3) is 27.9 Å². The summed E-state index contributed by atoms with van der Waals surface area (Å²) < 4.78 is 7.21. The molecule has 0 aliphatic carbocycles. The van der Waals surface area contributed by atoms with Crippen LogP contribution in [-0.4, -0.2) is 59.8 Å². The van der Waals surface area contributed by atoms with E-state index < -0.39 is 0 Å². The summed E-state index contributed by atoms with van der Waals surface area (Å²) in [6.45, 7) is 5.06. The number of nitrogens with zero attached hydrogens (tertiary/aromatic N) is 4. The van der Waals surface area contributed by atoms with Crippen LogP contribution < -0.4 is 10.5 Å². The zero-order valence-corrected chi connectivity index (χ0v) is 20.8. The topological polar surface area (TPSA) is 66.4 Å². The maximum absolute atomic E-state index is 13.5. The van der Waals surface area contributed by atoms with Crippen LogP contribution in [0.2, 0.25) is 5.02 Å². The van der Waals surface area contributed by atoms with Crippen LogP contribution in [0, 0.1) is 6.92 Å². The third kappa shape index (κ3) is 4.70. The van der Waals surface area contributed by atoms with Crippen molar-refractivity contribution < 1.29 is 4.74 Å². The number of H-pyrrole nitrogens is 1. The van der Waals surface area contributed by atoms with E-state index in [9.17, 15) is 4.79 Å². The lowest BCUT2D eigenvalue weighted by Crippen LogP contribution is -2.36. The normalized spacial score (nSPS) is 14.5. The molecular formula is C27H28ClN5O2. The van der Waals surface area contributed by atoms with E-state index in [1.54, 1.807) is 10.6 Å². The molecule has 1 saturated heterocycles. The van der Waals surface area contributed by atoms with Gasteiger partial charge in [-0.2, -0.15) is 0 Å². The van der Waals surface area contributed by atoms with E-state index >= 15 is 0 Å². The molecule has 7 nitrogen and oxygen atoms in total. The van der Waals surface area contributed by atoms with Gasteiger partial charge in [0, 0.05) is 72.9 Å². The number of rotatable bonds is 5. The Labute approximate surface area is 209 Å². The number of hydrogen-bond acceptors (Lipinski definition) is 5. The molecule has 8 heteroatoms. The number of anilines is 1. The summed E-state index contributed by atoms with van der Waals surface area (Å²) in [5.41, 5.74) is 6.01. The number of hydrogen-bond donors (Lipinski definition) is 1. The number of morpholine rings is 1. The summed E-state index contributed by atoms with van der Waals surface area (Å²) in [7, 11) is 3.87. The number of halogens is 1. The largest absolute Gasteiger partial charge is 0.382 e. The first-order valence-corrected chi connectivity index (χ1v) is 12.0. The van der Waals surface area contributed by atoms with E-state index in [1.807, 2.05) is 74.8 Å². The fourth-order valence-electron chi connectivity index (χ4n) is 4.55. The predicted octanol–water partition coefficient (Wildman–Crippen LogP) is 4.60. The summed E-state index contributed by atoms with van der Waals surface area (Å²) in [6.07, 6.45) is 5.75. The van der Waals surface area contributed by atoms with Crippen molar-refractivity contribution in [2.24, 2.45) is 0 Å². The molecule has 0 bridgehead atoms. The Hall–Kier alpha value is -3.55. The molecule has 0 radical (unpaired) electrons. The van der Waals surface area contributed by atoms with Crippen LogP contribution in [0.5, 0.6) is 0 Å². The standard InChI is InChI=1S/C27H28ClN5O2/c1-18-11-20(13-26(34)33(18)25(17-31(2)3)19-5-4-6-21(28)12-19)24-16-30-27-23(24)14-22(15-29-27)32-7-9-35-10-8-32/h4-6,11-17H,7-10H2,1-3H3,(H,29,30)/b25-17+. The van der Waals surface area contributed by atoms with Gasteiger partial charge < -0.3 is 19.5 Å². The minimum absolute atomic E-state index is 0.111. The number of ether oxygens (including phenoxy) is 1. The molecule has 180 valence electrons. The number of benzene rings is 1. The smallest absolute Gasteiger partial charge is 0.255 e. The zero-order valence-electron chi connectivity index (χ0n) is 20.1. The molecule has 35 heavy (non-hydrogen) atoms. The van der Waals surface area contributed by atoms with Gasteiger partial charge in [0.25, 0.3) is 5.56 Å². The van der Waals surface area contributed by atoms with Crippen molar-refractivity contribution in [3.8, 4) is 11.1 Å². The molecule has 0 unspecified atom stereocenters. The number of aryl methyl sites for hydroxylation is 1. The van der Waals surface area contributed by atoms with Crippen molar-refractivity contribution in [1.82, 2.24) is 19.4 Å². The minimum atomic E-state index is -0.111. The van der Waals surface area contributed by atoms with E-state index in [0.29, 0.717) is 18.2 Å². The highest BCUT2D eigenvalue weighted by Crippen LogP contribution is 2.31. The zero-order chi connectivity index (χ0) is 24.5. The molecule has 5 rings (SSSR count). The second-order valence-electron chi connectivity index (χ2n) is 8.94. The van der Waals surface area contributed by atoms with Crippen LogP contribution in [0.15, 0.2) is 65.9 Å². The van der Waals surface area contributed by atoms with Gasteiger partial charge in [-0.15, -0.1) is 0 Å². The molecule has 0 atom stereocenters. The van der Waals surface area contributed by atoms with Gasteiger partial charge in [-0.05, 0) is 36.8 Å². The van der Waals surface area contributed by atoms with Crippen molar-refractivity contribution >= 4 is 34.0 Å². The highest BCUT2D eigenvalue weighted by molar-refractivity contribution is 6.30. The van der Waals surface area contributed by atoms with Crippen LogP contribution in [0.3, 0.4) is 0 Å². The number of aromatic amines is 1. The maximum Gasteiger partial charge on any atom is 0.255 e. The summed E-state index contributed by atoms with van der Waals surface area (Å²) in [5, 5.41) is 1.61. The average Bonchev–Trinajstić information content (AvgIpc) is 3.26. The van der Waals surface area contributed by atoms with Gasteiger partial charge in [0.15, 0.2) is 0 Å². The number of nitrogens with one attached hydrogen (secondary N) is 1. The van der Waals surface area contributed by atoms with E-state index in [-0.39, 0.29) is 5.56 Å². The lowest BCUT2D eigenvalue weighted by molar-refractivity contribution is 0.122. The molecule has 4 heterocycles. The molecule has 0 amide bonds. The first-order valence-electron chi connectivity index (χ1n) is 11.6. The number of aromatic nitrogens is 3. The summed E-state index contributed by atoms with van der Waals surface area (Å²) in [5.74, 6) is 0. The monoisotopic (exact) mass is 489 g/mol. The highest BCUT2D eigenvalue weighted by Gasteiger charge is 2.17. The summed E-state index contributed by atoms with van der Waals surface area (Å²) in [6, 6.07) is 13.4. The third-order valence-corrected chi connectivity index (χ3v) is 6.40. The molecule has 4 aromatic rings. The molecule has 1 fully saturated rings. The van der Waals surface area contributed by atoms with E-state index in [0.717, 1.165) is 57.9 Å². The van der Waals surface area contributed by atoms with Gasteiger partial charge in [0.05, 0.1) is 30.8 Å². The van der Waals surface area contributed by atoms with Crippen LogP contribution in [0.4, 0.5) is 5.69 Å². The Morgan fingerprint density at radius 2 is 1.97 bits per heavy atom. The van der Waals surface area contributed by atoms with Crippen LogP contribution in [0.1, 0.15) is 11.3 Å². The lowest BCUT2D eigenvalue weighted by atomic mass is 10.0. The average molecular weight is 490 g/mol. The lowest BCUT2D eigenvalue weighted by Gasteiger charge is -2.28. The number of pyridine rings is 2. The molecule has 1 N–H and O–H groups in total. The quantitative estimate of drug-likeness (QED) is 0.444. The van der Waals surface area contributed by atoms with Gasteiger partial charge >= 0.3 is 0 Å². The fraction of sp³-hybridized carbons (Fsp3) is 0.259. The Morgan fingerprint density at radius 3 is 2.69 bits per heavy atom. The van der Waals surface area contributed by atoms with E-state index in [4.69, 9.17) is 16.3 Å². The minimum Gasteiger partial charge on any atom is -0.382 e.